The molecule has 0 aromatic heterocycles. The summed E-state index contributed by atoms with van der Waals surface area (Å²) in [7, 11) is 0. The van der Waals surface area contributed by atoms with Gasteiger partial charge in [0, 0.05) is 11.0 Å². The fourth-order valence-corrected chi connectivity index (χ4v) is 2.58. The van der Waals surface area contributed by atoms with Crippen molar-refractivity contribution in [2.24, 2.45) is 5.84 Å². The van der Waals surface area contributed by atoms with Gasteiger partial charge in [0.15, 0.2) is 0 Å². The lowest BCUT2D eigenvalue weighted by Gasteiger charge is -2.32. The first-order valence-electron chi connectivity index (χ1n) is 5.05. The average Bonchev–Trinajstić information content (AvgIpc) is 2.20. The summed E-state index contributed by atoms with van der Waals surface area (Å²) >= 11 is 3.58. The molecule has 2 rings (SSSR count). The van der Waals surface area contributed by atoms with Gasteiger partial charge in [-0.3, -0.25) is 5.84 Å². The quantitative estimate of drug-likeness (QED) is 0.782. The highest BCUT2D eigenvalue weighted by atomic mass is 79.9. The van der Waals surface area contributed by atoms with Crippen molar-refractivity contribution >= 4 is 15.9 Å². The van der Waals surface area contributed by atoms with E-state index >= 15 is 0 Å². The lowest BCUT2D eigenvalue weighted by Crippen LogP contribution is -2.39. The van der Waals surface area contributed by atoms with E-state index < -0.39 is 0 Å². The predicted molar refractivity (Wildman–Crippen MR) is 61.6 cm³/mol. The van der Waals surface area contributed by atoms with E-state index in [1.54, 1.807) is 0 Å². The van der Waals surface area contributed by atoms with E-state index in [2.05, 4.69) is 34.1 Å². The Balaban J connectivity index is 2.25. The Morgan fingerprint density at radius 1 is 1.29 bits per heavy atom. The van der Waals surface area contributed by atoms with Gasteiger partial charge < -0.3 is 0 Å². The van der Waals surface area contributed by atoms with Gasteiger partial charge in [-0.25, -0.2) is 5.01 Å². The van der Waals surface area contributed by atoms with Crippen LogP contribution >= 0.6 is 15.9 Å². The Kier molecular flexibility index (Phi) is 3.21. The molecule has 0 aliphatic carbocycles. The Bertz CT molecular complexity index is 314. The molecule has 0 amide bonds. The third kappa shape index (κ3) is 2.00. The fourth-order valence-electron chi connectivity index (χ4n) is 2.03. The van der Waals surface area contributed by atoms with E-state index in [0.29, 0.717) is 6.04 Å². The molecule has 0 bridgehead atoms. The summed E-state index contributed by atoms with van der Waals surface area (Å²) in [4.78, 5) is 0. The topological polar surface area (TPSA) is 29.3 Å². The molecule has 1 fully saturated rings. The zero-order chi connectivity index (χ0) is 9.97. The first-order chi connectivity index (χ1) is 6.79. The molecule has 2 nitrogen and oxygen atoms in total. The maximum absolute atomic E-state index is 5.99. The van der Waals surface area contributed by atoms with Crippen LogP contribution in [0.3, 0.4) is 0 Å². The van der Waals surface area contributed by atoms with Gasteiger partial charge in [-0.15, -0.1) is 0 Å². The van der Waals surface area contributed by atoms with E-state index in [1.807, 2.05) is 11.1 Å². The van der Waals surface area contributed by atoms with Gasteiger partial charge in [-0.2, -0.15) is 0 Å². The van der Waals surface area contributed by atoms with Gasteiger partial charge >= 0.3 is 0 Å². The summed E-state index contributed by atoms with van der Waals surface area (Å²) in [6.07, 6.45) is 3.66. The molecule has 2 N–H and O–H groups in total. The number of nitrogens with zero attached hydrogens (tertiary/aromatic N) is 1. The summed E-state index contributed by atoms with van der Waals surface area (Å²) in [5.74, 6) is 5.99. The van der Waals surface area contributed by atoms with Gasteiger partial charge in [0.1, 0.15) is 0 Å². The fraction of sp³-hybridized carbons (Fsp3) is 0.455. The minimum atomic E-state index is 0.388. The van der Waals surface area contributed by atoms with Crippen molar-refractivity contribution in [2.45, 2.75) is 25.3 Å². The molecule has 1 aromatic rings. The lowest BCUT2D eigenvalue weighted by atomic mass is 9.97. The van der Waals surface area contributed by atoms with E-state index in [-0.39, 0.29) is 0 Å². The minimum Gasteiger partial charge on any atom is -0.268 e. The second kappa shape index (κ2) is 4.43. The van der Waals surface area contributed by atoms with Crippen LogP contribution in [0.5, 0.6) is 0 Å². The number of nitrogens with two attached hydrogens (primary N) is 1. The number of benzene rings is 1. The first kappa shape index (κ1) is 10.1. The van der Waals surface area contributed by atoms with Crippen molar-refractivity contribution in [3.8, 4) is 0 Å². The van der Waals surface area contributed by atoms with E-state index in [0.717, 1.165) is 6.54 Å². The van der Waals surface area contributed by atoms with Crippen LogP contribution in [0.2, 0.25) is 0 Å². The molecule has 1 aliphatic heterocycles. The van der Waals surface area contributed by atoms with Crippen molar-refractivity contribution in [3.05, 3.63) is 34.3 Å². The van der Waals surface area contributed by atoms with E-state index in [1.165, 1.54) is 29.3 Å². The van der Waals surface area contributed by atoms with Crippen molar-refractivity contribution in [1.29, 1.82) is 0 Å². The first-order valence-corrected chi connectivity index (χ1v) is 5.84. The minimum absolute atomic E-state index is 0.388. The zero-order valence-corrected chi connectivity index (χ0v) is 9.70. The third-order valence-electron chi connectivity index (χ3n) is 2.81. The van der Waals surface area contributed by atoms with Gasteiger partial charge in [-0.1, -0.05) is 40.5 Å². The Morgan fingerprint density at radius 3 is 2.79 bits per heavy atom. The highest BCUT2D eigenvalue weighted by molar-refractivity contribution is 9.10. The lowest BCUT2D eigenvalue weighted by molar-refractivity contribution is 0.151. The molecule has 0 spiro atoms. The van der Waals surface area contributed by atoms with Crippen molar-refractivity contribution in [2.75, 3.05) is 6.54 Å². The van der Waals surface area contributed by atoms with Crippen LogP contribution in [0.15, 0.2) is 28.7 Å². The summed E-state index contributed by atoms with van der Waals surface area (Å²) in [5, 5.41) is 1.96. The standard InChI is InChI=1S/C11H15BrN2/c12-10-6-2-1-5-9(10)11-7-3-4-8-14(11)13/h1-2,5-6,11H,3-4,7-8,13H2. The number of hydrazine groups is 1. The molecular formula is C11H15BrN2. The summed E-state index contributed by atoms with van der Waals surface area (Å²) in [5.41, 5.74) is 1.31. The van der Waals surface area contributed by atoms with Gasteiger partial charge in [0.05, 0.1) is 6.04 Å². The Hall–Kier alpha value is -0.380. The van der Waals surface area contributed by atoms with Crippen LogP contribution < -0.4 is 5.84 Å². The number of rotatable bonds is 1. The normalized spacial score (nSPS) is 23.7. The van der Waals surface area contributed by atoms with E-state index in [9.17, 15) is 0 Å². The van der Waals surface area contributed by atoms with E-state index in [4.69, 9.17) is 5.84 Å². The van der Waals surface area contributed by atoms with Crippen molar-refractivity contribution in [3.63, 3.8) is 0 Å². The summed E-state index contributed by atoms with van der Waals surface area (Å²) < 4.78 is 1.17. The molecule has 1 aliphatic rings. The molecule has 1 saturated heterocycles. The predicted octanol–water partition coefficient (Wildman–Crippen LogP) is 2.85. The molecule has 1 heterocycles. The highest BCUT2D eigenvalue weighted by Gasteiger charge is 2.22. The molecule has 14 heavy (non-hydrogen) atoms. The van der Waals surface area contributed by atoms with Gasteiger partial charge in [0.2, 0.25) is 0 Å². The molecule has 1 atom stereocenters. The summed E-state index contributed by atoms with van der Waals surface area (Å²) in [6, 6.07) is 8.73. The highest BCUT2D eigenvalue weighted by Crippen LogP contribution is 2.32. The second-order valence-electron chi connectivity index (χ2n) is 3.77. The number of hydrogen-bond acceptors (Lipinski definition) is 2. The maximum Gasteiger partial charge on any atom is 0.0501 e. The monoisotopic (exact) mass is 254 g/mol. The molecule has 0 radical (unpaired) electrons. The van der Waals surface area contributed by atoms with Gasteiger partial charge in [-0.05, 0) is 24.5 Å². The number of hydrogen-bond donors (Lipinski definition) is 1. The van der Waals surface area contributed by atoms with Crippen LogP contribution in [0.25, 0.3) is 0 Å². The van der Waals surface area contributed by atoms with Gasteiger partial charge in [0.25, 0.3) is 0 Å². The number of piperidine rings is 1. The zero-order valence-electron chi connectivity index (χ0n) is 8.12. The van der Waals surface area contributed by atoms with Crippen LogP contribution in [-0.2, 0) is 0 Å². The van der Waals surface area contributed by atoms with Crippen molar-refractivity contribution < 1.29 is 0 Å². The second-order valence-corrected chi connectivity index (χ2v) is 4.63. The van der Waals surface area contributed by atoms with Crippen LogP contribution in [0.4, 0.5) is 0 Å². The maximum atomic E-state index is 5.99. The van der Waals surface area contributed by atoms with Crippen molar-refractivity contribution in [1.82, 2.24) is 5.01 Å². The smallest absolute Gasteiger partial charge is 0.0501 e. The third-order valence-corrected chi connectivity index (χ3v) is 3.53. The molecule has 0 saturated carbocycles. The molecule has 1 aromatic carbocycles. The van der Waals surface area contributed by atoms with Crippen LogP contribution in [0, 0.1) is 0 Å². The molecule has 3 heteroatoms. The Labute approximate surface area is 93.2 Å². The Morgan fingerprint density at radius 2 is 2.07 bits per heavy atom. The molecular weight excluding hydrogens is 240 g/mol. The molecule has 76 valence electrons. The van der Waals surface area contributed by atoms with Crippen LogP contribution in [0.1, 0.15) is 30.9 Å². The summed E-state index contributed by atoms with van der Waals surface area (Å²) in [6.45, 7) is 1.01. The largest absolute Gasteiger partial charge is 0.268 e. The average molecular weight is 255 g/mol. The van der Waals surface area contributed by atoms with Crippen LogP contribution in [-0.4, -0.2) is 11.6 Å². The molecule has 1 unspecified atom stereocenters. The number of halogens is 1. The SMILES string of the molecule is NN1CCCCC1c1ccccc1Br.